The minimum absolute atomic E-state index is 0.0289. The molecule has 0 spiro atoms. The van der Waals surface area contributed by atoms with Crippen LogP contribution in [0.4, 0.5) is 0 Å². The maximum absolute atomic E-state index is 11.3. The molecule has 0 bridgehead atoms. The van der Waals surface area contributed by atoms with E-state index in [9.17, 15) is 23.1 Å². The van der Waals surface area contributed by atoms with Crippen LogP contribution in [0.2, 0.25) is 0 Å². The van der Waals surface area contributed by atoms with Crippen molar-refractivity contribution in [3.63, 3.8) is 0 Å². The minimum Gasteiger partial charge on any atom is -0.478 e. The SMILES string of the molecule is CCOS(=O)(=O)O.CO[C@@H]([C@@H]1OC(C(=O)O)=C[C@H](N)[C@H]1NC(C)=O)[C@H](O)CO. The molecule has 0 aromatic rings. The topological polar surface area (TPSA) is 215 Å². The summed E-state index contributed by atoms with van der Waals surface area (Å²) in [7, 11) is -2.91. The van der Waals surface area contributed by atoms with Gasteiger partial charge in [-0.15, -0.1) is 0 Å². The zero-order valence-electron chi connectivity index (χ0n) is 15.5. The van der Waals surface area contributed by atoms with E-state index in [1.165, 1.54) is 21.0 Å². The molecule has 5 atom stereocenters. The maximum atomic E-state index is 11.3. The molecule has 28 heavy (non-hydrogen) atoms. The van der Waals surface area contributed by atoms with Crippen LogP contribution in [-0.2, 0) is 33.6 Å². The average Bonchev–Trinajstić information content (AvgIpc) is 2.56. The molecule has 13 nitrogen and oxygen atoms in total. The monoisotopic (exact) mass is 430 g/mol. The highest BCUT2D eigenvalue weighted by atomic mass is 32.3. The zero-order chi connectivity index (χ0) is 22.1. The molecule has 1 heterocycles. The Bertz CT molecular complexity index is 652. The van der Waals surface area contributed by atoms with Gasteiger partial charge in [0.25, 0.3) is 0 Å². The molecular formula is C14H26N2O11S. The van der Waals surface area contributed by atoms with Crippen molar-refractivity contribution in [2.45, 2.75) is 44.2 Å². The summed E-state index contributed by atoms with van der Waals surface area (Å²) in [5.41, 5.74) is 5.85. The van der Waals surface area contributed by atoms with Crippen LogP contribution in [0.5, 0.6) is 0 Å². The summed E-state index contributed by atoms with van der Waals surface area (Å²) in [6, 6.07) is -1.65. The van der Waals surface area contributed by atoms with Crippen molar-refractivity contribution in [2.24, 2.45) is 5.73 Å². The number of aliphatic carboxylic acids is 1. The van der Waals surface area contributed by atoms with Crippen LogP contribution in [-0.4, -0.2) is 90.9 Å². The first-order valence-corrected chi connectivity index (χ1v) is 9.32. The van der Waals surface area contributed by atoms with Gasteiger partial charge in [-0.25, -0.2) is 8.98 Å². The summed E-state index contributed by atoms with van der Waals surface area (Å²) in [6.07, 6.45) is -2.29. The summed E-state index contributed by atoms with van der Waals surface area (Å²) in [6.45, 7) is 2.09. The van der Waals surface area contributed by atoms with E-state index >= 15 is 0 Å². The number of aliphatic hydroxyl groups excluding tert-OH is 2. The Morgan fingerprint density at radius 3 is 2.32 bits per heavy atom. The number of carboxylic acid groups (broad SMARTS) is 1. The molecule has 0 aromatic carbocycles. The van der Waals surface area contributed by atoms with E-state index in [0.29, 0.717) is 0 Å². The van der Waals surface area contributed by atoms with E-state index < -0.39 is 65.0 Å². The van der Waals surface area contributed by atoms with Crippen LogP contribution >= 0.6 is 0 Å². The smallest absolute Gasteiger partial charge is 0.397 e. The lowest BCUT2D eigenvalue weighted by Gasteiger charge is -2.39. The van der Waals surface area contributed by atoms with Crippen LogP contribution in [0.15, 0.2) is 11.8 Å². The second kappa shape index (κ2) is 11.9. The number of nitrogens with one attached hydrogen (secondary N) is 1. The Labute approximate surface area is 162 Å². The lowest BCUT2D eigenvalue weighted by Crippen LogP contribution is -2.62. The second-order valence-corrected chi connectivity index (χ2v) is 6.60. The standard InChI is InChI=1S/C12H20N2O7.C2H6O4S/c1-5(16)14-9-6(13)3-8(12(18)19)21-11(9)10(20-2)7(17)4-15;1-2-6-7(3,4)5/h3,6-7,9-11,15,17H,4,13H2,1-2H3,(H,14,16)(H,18,19);2H2,1H3,(H,3,4,5)/t6-,7+,9+,10+,11+;/m0./s1. The summed E-state index contributed by atoms with van der Waals surface area (Å²) >= 11 is 0. The first-order chi connectivity index (χ1) is 12.9. The molecule has 1 amide bonds. The molecule has 0 aromatic heterocycles. The number of carbonyl (C=O) groups excluding carboxylic acids is 1. The normalized spacial score (nSPS) is 24.0. The van der Waals surface area contributed by atoms with Gasteiger partial charge < -0.3 is 35.8 Å². The molecule has 0 radical (unpaired) electrons. The Kier molecular flexibility index (Phi) is 11.1. The highest BCUT2D eigenvalue weighted by molar-refractivity contribution is 7.80. The van der Waals surface area contributed by atoms with Gasteiger partial charge in [0.1, 0.15) is 18.3 Å². The van der Waals surface area contributed by atoms with Crippen molar-refractivity contribution in [2.75, 3.05) is 20.3 Å². The Morgan fingerprint density at radius 1 is 1.43 bits per heavy atom. The summed E-state index contributed by atoms with van der Waals surface area (Å²) in [5, 5.41) is 30.3. The van der Waals surface area contributed by atoms with Crippen LogP contribution < -0.4 is 11.1 Å². The van der Waals surface area contributed by atoms with Gasteiger partial charge in [-0.05, 0) is 13.0 Å². The predicted molar refractivity (Wildman–Crippen MR) is 93.2 cm³/mol. The molecule has 1 aliphatic heterocycles. The largest absolute Gasteiger partial charge is 0.478 e. The summed E-state index contributed by atoms with van der Waals surface area (Å²) in [5.74, 6) is -2.13. The molecule has 0 fully saturated rings. The summed E-state index contributed by atoms with van der Waals surface area (Å²) in [4.78, 5) is 22.3. The molecular weight excluding hydrogens is 404 g/mol. The van der Waals surface area contributed by atoms with Crippen molar-refractivity contribution in [3.05, 3.63) is 11.8 Å². The van der Waals surface area contributed by atoms with E-state index in [0.717, 1.165) is 6.08 Å². The number of hydrogen-bond acceptors (Lipinski definition) is 10. The quantitative estimate of drug-likeness (QED) is 0.218. The average molecular weight is 430 g/mol. The molecule has 1 rings (SSSR count). The Balaban J connectivity index is 0.000000887. The third-order valence-corrected chi connectivity index (χ3v) is 3.92. The third kappa shape index (κ3) is 8.92. The highest BCUT2D eigenvalue weighted by Crippen LogP contribution is 2.23. The number of nitrogens with two attached hydrogens (primary N) is 1. The number of hydrogen-bond donors (Lipinski definition) is 6. The van der Waals surface area contributed by atoms with Gasteiger partial charge in [0.05, 0.1) is 25.3 Å². The molecule has 0 aliphatic carbocycles. The van der Waals surface area contributed by atoms with Crippen LogP contribution in [0, 0.1) is 0 Å². The van der Waals surface area contributed by atoms with Gasteiger partial charge in [-0.1, -0.05) is 0 Å². The van der Waals surface area contributed by atoms with Gasteiger partial charge in [0.2, 0.25) is 11.7 Å². The van der Waals surface area contributed by atoms with E-state index in [2.05, 4.69) is 9.50 Å². The molecule has 1 aliphatic rings. The first kappa shape index (κ1) is 26.2. The fourth-order valence-electron chi connectivity index (χ4n) is 2.33. The van der Waals surface area contributed by atoms with Crippen LogP contribution in [0.1, 0.15) is 13.8 Å². The number of aliphatic hydroxyl groups is 2. The molecule has 0 unspecified atom stereocenters. The van der Waals surface area contributed by atoms with Gasteiger partial charge >= 0.3 is 16.4 Å². The fourth-order valence-corrected chi connectivity index (χ4v) is 2.62. The molecule has 0 saturated carbocycles. The third-order valence-electron chi connectivity index (χ3n) is 3.39. The van der Waals surface area contributed by atoms with Crippen LogP contribution in [0.3, 0.4) is 0 Å². The molecule has 7 N–H and O–H groups in total. The van der Waals surface area contributed by atoms with Gasteiger partial charge in [0.15, 0.2) is 0 Å². The lowest BCUT2D eigenvalue weighted by molar-refractivity contribution is -0.149. The number of carboxylic acids is 1. The van der Waals surface area contributed by atoms with E-state index in [-0.39, 0.29) is 6.61 Å². The zero-order valence-corrected chi connectivity index (χ0v) is 16.3. The van der Waals surface area contributed by atoms with E-state index in [4.69, 9.17) is 30.0 Å². The van der Waals surface area contributed by atoms with E-state index in [1.54, 1.807) is 0 Å². The van der Waals surface area contributed by atoms with Crippen molar-refractivity contribution in [1.29, 1.82) is 0 Å². The van der Waals surface area contributed by atoms with Gasteiger partial charge in [-0.3, -0.25) is 9.35 Å². The maximum Gasteiger partial charge on any atom is 0.397 e. The Hall–Kier alpha value is -1.81. The van der Waals surface area contributed by atoms with Crippen LogP contribution in [0.25, 0.3) is 0 Å². The second-order valence-electron chi connectivity index (χ2n) is 5.51. The van der Waals surface area contributed by atoms with Gasteiger partial charge in [-0.2, -0.15) is 8.42 Å². The lowest BCUT2D eigenvalue weighted by atomic mass is 9.92. The first-order valence-electron chi connectivity index (χ1n) is 7.95. The van der Waals surface area contributed by atoms with Gasteiger partial charge in [0, 0.05) is 14.0 Å². The van der Waals surface area contributed by atoms with Crippen molar-refractivity contribution >= 4 is 22.3 Å². The molecule has 164 valence electrons. The number of carbonyl (C=O) groups is 2. The molecule has 14 heteroatoms. The van der Waals surface area contributed by atoms with Crippen molar-refractivity contribution < 1.29 is 51.5 Å². The Morgan fingerprint density at radius 2 is 2.00 bits per heavy atom. The number of amides is 1. The highest BCUT2D eigenvalue weighted by Gasteiger charge is 2.43. The summed E-state index contributed by atoms with van der Waals surface area (Å²) < 4.78 is 41.0. The number of methoxy groups -OCH3 is 1. The predicted octanol–water partition coefficient (Wildman–Crippen LogP) is -2.62. The number of ether oxygens (including phenoxy) is 2. The van der Waals surface area contributed by atoms with Crippen molar-refractivity contribution in [1.82, 2.24) is 5.32 Å². The molecule has 0 saturated heterocycles. The van der Waals surface area contributed by atoms with Crippen molar-refractivity contribution in [3.8, 4) is 0 Å². The fraction of sp³-hybridized carbons (Fsp3) is 0.714. The minimum atomic E-state index is -4.17. The van der Waals surface area contributed by atoms with E-state index in [1.807, 2.05) is 0 Å². The number of rotatable bonds is 8.